The predicted octanol–water partition coefficient (Wildman–Crippen LogP) is 3.40. The molecule has 0 saturated carbocycles. The Morgan fingerprint density at radius 2 is 2.12 bits per heavy atom. The van der Waals surface area contributed by atoms with E-state index in [-0.39, 0.29) is 0 Å². The number of nitrogens with one attached hydrogen (secondary N) is 2. The van der Waals surface area contributed by atoms with Gasteiger partial charge in [0.15, 0.2) is 0 Å². The Morgan fingerprint density at radius 3 is 2.88 bits per heavy atom. The predicted molar refractivity (Wildman–Crippen MR) is 98.0 cm³/mol. The van der Waals surface area contributed by atoms with Crippen molar-refractivity contribution in [2.75, 3.05) is 19.6 Å². The van der Waals surface area contributed by atoms with E-state index in [2.05, 4.69) is 71.2 Å². The monoisotopic (exact) mass is 340 g/mol. The van der Waals surface area contributed by atoms with Crippen LogP contribution in [0, 0.1) is 5.92 Å². The number of hydrogen-bond acceptors (Lipinski definition) is 5. The number of benzene rings is 1. The fourth-order valence-corrected chi connectivity index (χ4v) is 4.14. The third-order valence-corrected chi connectivity index (χ3v) is 5.54. The molecule has 2 aromatic rings. The lowest BCUT2D eigenvalue weighted by Gasteiger charge is -2.28. The fraction of sp³-hybridized carbons (Fsp3) is 0.550. The molecule has 3 atom stereocenters. The average Bonchev–Trinajstić information content (AvgIpc) is 3.36. The van der Waals surface area contributed by atoms with E-state index in [1.807, 2.05) is 0 Å². The number of likely N-dealkylation sites (tertiary alicyclic amines) is 1. The maximum atomic E-state index is 5.55. The van der Waals surface area contributed by atoms with Crippen LogP contribution in [0.25, 0.3) is 0 Å². The molecule has 4 rings (SSSR count). The summed E-state index contributed by atoms with van der Waals surface area (Å²) in [6.07, 6.45) is 2.41. The van der Waals surface area contributed by atoms with Crippen LogP contribution in [0.3, 0.4) is 0 Å². The van der Waals surface area contributed by atoms with Crippen LogP contribution in [-0.2, 0) is 0 Å². The van der Waals surface area contributed by atoms with E-state index in [1.165, 1.54) is 18.4 Å². The van der Waals surface area contributed by atoms with Crippen LogP contribution in [0.4, 0.5) is 0 Å². The van der Waals surface area contributed by atoms with Gasteiger partial charge in [0.25, 0.3) is 0 Å². The molecular weight excluding hydrogens is 312 g/mol. The number of nitrogens with zero attached hydrogens (tertiary/aromatic N) is 2. The Bertz CT molecular complexity index is 684. The zero-order valence-corrected chi connectivity index (χ0v) is 15.1. The summed E-state index contributed by atoms with van der Waals surface area (Å²) in [7, 11) is 0. The Hall–Kier alpha value is -1.69. The minimum absolute atomic E-state index is 0.367. The van der Waals surface area contributed by atoms with Gasteiger partial charge in [0.05, 0.1) is 12.1 Å². The Labute approximate surface area is 149 Å². The topological polar surface area (TPSA) is 53.3 Å². The lowest BCUT2D eigenvalue weighted by Crippen LogP contribution is -2.33. The van der Waals surface area contributed by atoms with Crippen LogP contribution in [0.5, 0.6) is 0 Å². The van der Waals surface area contributed by atoms with Crippen molar-refractivity contribution >= 4 is 0 Å². The van der Waals surface area contributed by atoms with E-state index >= 15 is 0 Å². The molecule has 0 bridgehead atoms. The summed E-state index contributed by atoms with van der Waals surface area (Å²) >= 11 is 0. The summed E-state index contributed by atoms with van der Waals surface area (Å²) in [5.41, 5.74) is 9.28. The SMILES string of the molecule is CC(C)c1cc(C2CCCN2CC2CNNC2c2ccccc2)no1. The molecule has 5 nitrogen and oxygen atoms in total. The zero-order valence-electron chi connectivity index (χ0n) is 15.1. The summed E-state index contributed by atoms with van der Waals surface area (Å²) in [6.45, 7) is 7.52. The fourth-order valence-electron chi connectivity index (χ4n) is 4.14. The average molecular weight is 340 g/mol. The van der Waals surface area contributed by atoms with Gasteiger partial charge in [-0.25, -0.2) is 5.43 Å². The normalized spacial score (nSPS) is 27.4. The molecule has 1 aromatic carbocycles. The van der Waals surface area contributed by atoms with Crippen LogP contribution in [0.1, 0.15) is 61.7 Å². The maximum absolute atomic E-state index is 5.55. The van der Waals surface area contributed by atoms with Crippen LogP contribution < -0.4 is 10.9 Å². The second-order valence-corrected chi connectivity index (χ2v) is 7.64. The second-order valence-electron chi connectivity index (χ2n) is 7.64. The zero-order chi connectivity index (χ0) is 17.2. The highest BCUT2D eigenvalue weighted by Gasteiger charge is 2.35. The lowest BCUT2D eigenvalue weighted by molar-refractivity contribution is 0.203. The molecule has 2 saturated heterocycles. The molecule has 3 heterocycles. The number of hydrazine groups is 1. The van der Waals surface area contributed by atoms with E-state index < -0.39 is 0 Å². The van der Waals surface area contributed by atoms with Crippen LogP contribution in [0.2, 0.25) is 0 Å². The van der Waals surface area contributed by atoms with E-state index in [1.54, 1.807) is 0 Å². The number of hydrogen-bond donors (Lipinski definition) is 2. The highest BCUT2D eigenvalue weighted by molar-refractivity contribution is 5.21. The smallest absolute Gasteiger partial charge is 0.139 e. The van der Waals surface area contributed by atoms with Gasteiger partial charge in [-0.1, -0.05) is 49.3 Å². The number of aromatic nitrogens is 1. The van der Waals surface area contributed by atoms with Gasteiger partial charge in [-0.05, 0) is 24.9 Å². The van der Waals surface area contributed by atoms with Crippen LogP contribution in [-0.4, -0.2) is 29.7 Å². The quantitative estimate of drug-likeness (QED) is 0.874. The highest BCUT2D eigenvalue weighted by Crippen LogP contribution is 2.35. The first kappa shape index (κ1) is 16.8. The molecule has 134 valence electrons. The van der Waals surface area contributed by atoms with Crippen molar-refractivity contribution < 1.29 is 4.52 Å². The van der Waals surface area contributed by atoms with Gasteiger partial charge in [-0.2, -0.15) is 0 Å². The van der Waals surface area contributed by atoms with Crippen molar-refractivity contribution in [1.82, 2.24) is 20.9 Å². The third-order valence-electron chi connectivity index (χ3n) is 5.54. The molecular formula is C20H28N4O. The van der Waals surface area contributed by atoms with Crippen molar-refractivity contribution in [3.05, 3.63) is 53.4 Å². The van der Waals surface area contributed by atoms with E-state index in [0.29, 0.717) is 23.9 Å². The summed E-state index contributed by atoms with van der Waals surface area (Å²) in [6, 6.07) is 13.7. The van der Waals surface area contributed by atoms with Crippen molar-refractivity contribution in [2.24, 2.45) is 5.92 Å². The largest absolute Gasteiger partial charge is 0.361 e. The minimum atomic E-state index is 0.367. The molecule has 5 heteroatoms. The minimum Gasteiger partial charge on any atom is -0.361 e. The molecule has 0 radical (unpaired) electrons. The first-order chi connectivity index (χ1) is 12.2. The van der Waals surface area contributed by atoms with Crippen LogP contribution in [0.15, 0.2) is 40.9 Å². The van der Waals surface area contributed by atoms with Gasteiger partial charge >= 0.3 is 0 Å². The summed E-state index contributed by atoms with van der Waals surface area (Å²) in [5.74, 6) is 1.94. The summed E-state index contributed by atoms with van der Waals surface area (Å²) in [4.78, 5) is 2.59. The van der Waals surface area contributed by atoms with Crippen molar-refractivity contribution in [2.45, 2.75) is 44.7 Å². The first-order valence-corrected chi connectivity index (χ1v) is 9.46. The van der Waals surface area contributed by atoms with Crippen molar-refractivity contribution in [3.8, 4) is 0 Å². The molecule has 2 aliphatic rings. The molecule has 2 aliphatic heterocycles. The highest BCUT2D eigenvalue weighted by atomic mass is 16.5. The van der Waals surface area contributed by atoms with Crippen molar-refractivity contribution in [3.63, 3.8) is 0 Å². The van der Waals surface area contributed by atoms with Gasteiger partial charge in [-0.3, -0.25) is 10.3 Å². The molecule has 0 amide bonds. The first-order valence-electron chi connectivity index (χ1n) is 9.46. The second kappa shape index (κ2) is 7.28. The molecule has 0 aliphatic carbocycles. The van der Waals surface area contributed by atoms with E-state index in [9.17, 15) is 0 Å². The van der Waals surface area contributed by atoms with Gasteiger partial charge in [0.2, 0.25) is 0 Å². The molecule has 25 heavy (non-hydrogen) atoms. The summed E-state index contributed by atoms with van der Waals surface area (Å²) < 4.78 is 5.55. The van der Waals surface area contributed by atoms with Gasteiger partial charge in [-0.15, -0.1) is 0 Å². The Kier molecular flexibility index (Phi) is 4.88. The third kappa shape index (κ3) is 3.50. The molecule has 3 unspecified atom stereocenters. The molecule has 2 N–H and O–H groups in total. The number of rotatable bonds is 5. The Balaban J connectivity index is 1.47. The summed E-state index contributed by atoms with van der Waals surface area (Å²) in [5, 5.41) is 4.37. The maximum Gasteiger partial charge on any atom is 0.139 e. The van der Waals surface area contributed by atoms with Crippen molar-refractivity contribution in [1.29, 1.82) is 0 Å². The van der Waals surface area contributed by atoms with E-state index in [0.717, 1.165) is 31.1 Å². The van der Waals surface area contributed by atoms with Gasteiger partial charge in [0, 0.05) is 31.0 Å². The standard InChI is InChI=1S/C20H28N4O/c1-14(2)19-11-17(23-25-19)18-9-6-10-24(18)13-16-12-21-22-20(16)15-7-4-3-5-8-15/h3-5,7-8,11,14,16,18,20-22H,6,9-10,12-13H2,1-2H3. The molecule has 2 fully saturated rings. The Morgan fingerprint density at radius 1 is 1.28 bits per heavy atom. The molecule has 0 spiro atoms. The van der Waals surface area contributed by atoms with Gasteiger partial charge < -0.3 is 4.52 Å². The van der Waals surface area contributed by atoms with Crippen LogP contribution >= 0.6 is 0 Å². The van der Waals surface area contributed by atoms with Gasteiger partial charge in [0.1, 0.15) is 11.5 Å². The lowest BCUT2D eigenvalue weighted by atomic mass is 9.94. The molecule has 1 aromatic heterocycles. The van der Waals surface area contributed by atoms with E-state index in [4.69, 9.17) is 4.52 Å².